The minimum absolute atomic E-state index is 0.0564. The van der Waals surface area contributed by atoms with Crippen LogP contribution in [0.1, 0.15) is 33.2 Å². The van der Waals surface area contributed by atoms with Crippen molar-refractivity contribution in [3.63, 3.8) is 0 Å². The third kappa shape index (κ3) is 1.70. The molecule has 4 nitrogen and oxygen atoms in total. The van der Waals surface area contributed by atoms with Gasteiger partial charge in [0.1, 0.15) is 11.9 Å². The summed E-state index contributed by atoms with van der Waals surface area (Å²) in [5.41, 5.74) is 1.75. The molecule has 0 aromatic heterocycles. The van der Waals surface area contributed by atoms with Crippen LogP contribution in [0, 0.1) is 0 Å². The van der Waals surface area contributed by atoms with Gasteiger partial charge in [0.15, 0.2) is 0 Å². The lowest BCUT2D eigenvalue weighted by Crippen LogP contribution is -2.05. The maximum Gasteiger partial charge on any atom is 0.336 e. The molecule has 0 heterocycles. The Kier molecular flexibility index (Phi) is 2.80. The van der Waals surface area contributed by atoms with Crippen LogP contribution in [0.25, 0.3) is 11.3 Å². The number of hydrogen-bond donors (Lipinski definition) is 3. The van der Waals surface area contributed by atoms with Crippen LogP contribution in [0.15, 0.2) is 48.5 Å². The highest BCUT2D eigenvalue weighted by molar-refractivity contribution is 6.02. The number of carboxylic acid groups (broad SMARTS) is 1. The summed E-state index contributed by atoms with van der Waals surface area (Å²) in [6.45, 7) is 0. The summed E-state index contributed by atoms with van der Waals surface area (Å²) in [6, 6.07) is 13.3. The molecule has 0 radical (unpaired) electrons. The summed E-state index contributed by atoms with van der Waals surface area (Å²) in [4.78, 5) is 11.3. The van der Waals surface area contributed by atoms with Crippen LogP contribution in [0.5, 0.6) is 0 Å². The van der Waals surface area contributed by atoms with E-state index in [1.807, 2.05) is 0 Å². The van der Waals surface area contributed by atoms with E-state index in [0.717, 1.165) is 0 Å². The molecule has 3 rings (SSSR count). The summed E-state index contributed by atoms with van der Waals surface area (Å²) in [7, 11) is 0. The van der Waals surface area contributed by atoms with Gasteiger partial charge in [-0.3, -0.25) is 0 Å². The minimum Gasteiger partial charge on any atom is -0.507 e. The molecule has 20 heavy (non-hydrogen) atoms. The Balaban J connectivity index is 2.23. The quantitative estimate of drug-likeness (QED) is 0.782. The van der Waals surface area contributed by atoms with Gasteiger partial charge in [0.2, 0.25) is 0 Å². The molecule has 0 spiro atoms. The maximum atomic E-state index is 11.3. The van der Waals surface area contributed by atoms with Gasteiger partial charge in [0, 0.05) is 11.1 Å². The van der Waals surface area contributed by atoms with Crippen molar-refractivity contribution in [3.05, 3.63) is 70.8 Å². The minimum atomic E-state index is -1.09. The molecule has 3 N–H and O–H groups in total. The molecule has 2 aromatic rings. The molecular weight excluding hydrogens is 256 g/mol. The first-order valence-electron chi connectivity index (χ1n) is 6.14. The van der Waals surface area contributed by atoms with Crippen molar-refractivity contribution in [1.29, 1.82) is 0 Å². The van der Waals surface area contributed by atoms with Gasteiger partial charge in [-0.25, -0.2) is 4.79 Å². The van der Waals surface area contributed by atoms with E-state index in [1.54, 1.807) is 42.5 Å². The Morgan fingerprint density at radius 2 is 1.55 bits per heavy atom. The largest absolute Gasteiger partial charge is 0.507 e. The zero-order valence-corrected chi connectivity index (χ0v) is 10.4. The fraction of sp³-hybridized carbons (Fsp3) is 0.0625. The van der Waals surface area contributed by atoms with Gasteiger partial charge in [-0.2, -0.15) is 0 Å². The number of fused-ring (bicyclic) bond motifs is 1. The molecule has 1 aliphatic rings. The lowest BCUT2D eigenvalue weighted by atomic mass is 9.96. The third-order valence-electron chi connectivity index (χ3n) is 3.49. The summed E-state index contributed by atoms with van der Waals surface area (Å²) in [5.74, 6) is -1.16. The fourth-order valence-corrected chi connectivity index (χ4v) is 2.56. The summed E-state index contributed by atoms with van der Waals surface area (Å²) in [6.07, 6.45) is -1.02. The lowest BCUT2D eigenvalue weighted by Gasteiger charge is -2.12. The van der Waals surface area contributed by atoms with Crippen LogP contribution < -0.4 is 0 Å². The van der Waals surface area contributed by atoms with E-state index >= 15 is 0 Å². The maximum absolute atomic E-state index is 11.3. The fourth-order valence-electron chi connectivity index (χ4n) is 2.56. The summed E-state index contributed by atoms with van der Waals surface area (Å²) >= 11 is 0. The van der Waals surface area contributed by atoms with E-state index < -0.39 is 12.1 Å². The molecule has 0 saturated heterocycles. The summed E-state index contributed by atoms with van der Waals surface area (Å²) < 4.78 is 0. The number of hydrogen-bond acceptors (Lipinski definition) is 3. The first-order chi connectivity index (χ1) is 9.61. The zero-order valence-electron chi connectivity index (χ0n) is 10.4. The second-order valence-corrected chi connectivity index (χ2v) is 4.60. The van der Waals surface area contributed by atoms with Crippen molar-refractivity contribution in [1.82, 2.24) is 0 Å². The van der Waals surface area contributed by atoms with E-state index in [-0.39, 0.29) is 16.9 Å². The van der Waals surface area contributed by atoms with Crippen molar-refractivity contribution in [2.24, 2.45) is 0 Å². The van der Waals surface area contributed by atoms with Gasteiger partial charge in [0.05, 0.1) is 5.56 Å². The Morgan fingerprint density at radius 1 is 0.950 bits per heavy atom. The second kappa shape index (κ2) is 4.51. The number of aromatic carboxylic acids is 1. The number of carboxylic acids is 1. The van der Waals surface area contributed by atoms with E-state index in [0.29, 0.717) is 16.7 Å². The molecule has 0 aliphatic heterocycles. The number of aliphatic hydroxyl groups excluding tert-OH is 2. The molecule has 0 bridgehead atoms. The van der Waals surface area contributed by atoms with Crippen molar-refractivity contribution >= 4 is 17.3 Å². The van der Waals surface area contributed by atoms with Crippen molar-refractivity contribution in [3.8, 4) is 0 Å². The van der Waals surface area contributed by atoms with E-state index in [2.05, 4.69) is 0 Å². The molecule has 1 atom stereocenters. The molecule has 1 aliphatic carbocycles. The molecule has 1 unspecified atom stereocenters. The van der Waals surface area contributed by atoms with Crippen LogP contribution in [-0.4, -0.2) is 21.3 Å². The SMILES string of the molecule is O=C(O)c1ccccc1C1=C(O)c2ccccc2C1O. The van der Waals surface area contributed by atoms with Gasteiger partial charge in [-0.1, -0.05) is 42.5 Å². The first-order valence-corrected chi connectivity index (χ1v) is 6.14. The van der Waals surface area contributed by atoms with Crippen molar-refractivity contribution in [2.75, 3.05) is 0 Å². The highest BCUT2D eigenvalue weighted by Crippen LogP contribution is 2.44. The predicted molar refractivity (Wildman–Crippen MR) is 74.2 cm³/mol. The standard InChI is InChI=1S/C16H12O4/c17-14-10-6-2-3-7-11(10)15(18)13(14)9-5-1-4-8-12(9)16(19)20/h1-8,14,17-18H,(H,19,20). The molecule has 0 amide bonds. The van der Waals surface area contributed by atoms with Crippen LogP contribution >= 0.6 is 0 Å². The topological polar surface area (TPSA) is 77.8 Å². The predicted octanol–water partition coefficient (Wildman–Crippen LogP) is 2.86. The number of carbonyl (C=O) groups is 1. The van der Waals surface area contributed by atoms with Gasteiger partial charge in [0.25, 0.3) is 0 Å². The van der Waals surface area contributed by atoms with Crippen LogP contribution in [0.4, 0.5) is 0 Å². The van der Waals surface area contributed by atoms with Gasteiger partial charge >= 0.3 is 5.97 Å². The molecule has 4 heteroatoms. The van der Waals surface area contributed by atoms with E-state index in [4.69, 9.17) is 0 Å². The monoisotopic (exact) mass is 268 g/mol. The molecule has 100 valence electrons. The van der Waals surface area contributed by atoms with Crippen LogP contribution in [-0.2, 0) is 0 Å². The zero-order chi connectivity index (χ0) is 14.3. The highest BCUT2D eigenvalue weighted by Gasteiger charge is 2.32. The van der Waals surface area contributed by atoms with Crippen molar-refractivity contribution in [2.45, 2.75) is 6.10 Å². The van der Waals surface area contributed by atoms with E-state index in [9.17, 15) is 20.1 Å². The Hall–Kier alpha value is -2.59. The number of benzene rings is 2. The lowest BCUT2D eigenvalue weighted by molar-refractivity contribution is 0.0696. The van der Waals surface area contributed by atoms with Crippen molar-refractivity contribution < 1.29 is 20.1 Å². The highest BCUT2D eigenvalue weighted by atomic mass is 16.4. The van der Waals surface area contributed by atoms with Crippen LogP contribution in [0.2, 0.25) is 0 Å². The smallest absolute Gasteiger partial charge is 0.336 e. The second-order valence-electron chi connectivity index (χ2n) is 4.60. The Labute approximate surface area is 115 Å². The molecular formula is C16H12O4. The molecule has 0 saturated carbocycles. The average molecular weight is 268 g/mol. The summed E-state index contributed by atoms with van der Waals surface area (Å²) in [5, 5.41) is 29.9. The molecule has 2 aromatic carbocycles. The van der Waals surface area contributed by atoms with Crippen LogP contribution in [0.3, 0.4) is 0 Å². The molecule has 0 fully saturated rings. The first kappa shape index (κ1) is 12.4. The third-order valence-corrected chi connectivity index (χ3v) is 3.49. The average Bonchev–Trinajstić information content (AvgIpc) is 2.71. The normalized spacial score (nSPS) is 17.1. The Bertz CT molecular complexity index is 731. The van der Waals surface area contributed by atoms with Gasteiger partial charge in [-0.05, 0) is 17.2 Å². The van der Waals surface area contributed by atoms with E-state index in [1.165, 1.54) is 6.07 Å². The number of aliphatic hydroxyl groups is 2. The van der Waals surface area contributed by atoms with Gasteiger partial charge < -0.3 is 15.3 Å². The van der Waals surface area contributed by atoms with Gasteiger partial charge in [-0.15, -0.1) is 0 Å². The number of rotatable bonds is 2. The Morgan fingerprint density at radius 3 is 2.20 bits per heavy atom.